The number of hydrogen-bond acceptors (Lipinski definition) is 5. The number of nitrogens with zero attached hydrogens (tertiary/aromatic N) is 1. The fraction of sp³-hybridized carbons (Fsp3) is 0.538. The van der Waals surface area contributed by atoms with Crippen molar-refractivity contribution in [2.75, 3.05) is 13.7 Å². The van der Waals surface area contributed by atoms with Gasteiger partial charge < -0.3 is 14.8 Å². The summed E-state index contributed by atoms with van der Waals surface area (Å²) in [5.41, 5.74) is -0.124. The molecule has 20 heavy (non-hydrogen) atoms. The van der Waals surface area contributed by atoms with Crippen molar-refractivity contribution in [3.8, 4) is 5.75 Å². The zero-order chi connectivity index (χ0) is 14.7. The monoisotopic (exact) mass is 300 g/mol. The molecule has 0 aromatic heterocycles. The summed E-state index contributed by atoms with van der Waals surface area (Å²) >= 11 is 6.01. The van der Waals surface area contributed by atoms with E-state index in [2.05, 4.69) is 5.32 Å². The van der Waals surface area contributed by atoms with Gasteiger partial charge in [-0.2, -0.15) is 0 Å². The first-order valence-electron chi connectivity index (χ1n) is 6.46. The highest BCUT2D eigenvalue weighted by Gasteiger charge is 2.43. The Labute approximate surface area is 122 Å². The SMILES string of the molecule is CCOC1C(NC)CC1Oc1c(Cl)cccc1[N+](=O)[O-]. The van der Waals surface area contributed by atoms with Gasteiger partial charge in [-0.3, -0.25) is 10.1 Å². The number of hydrogen-bond donors (Lipinski definition) is 1. The molecule has 0 radical (unpaired) electrons. The van der Waals surface area contributed by atoms with Crippen LogP contribution in [0.25, 0.3) is 0 Å². The smallest absolute Gasteiger partial charge is 0.312 e. The van der Waals surface area contributed by atoms with Crippen LogP contribution >= 0.6 is 11.6 Å². The van der Waals surface area contributed by atoms with Crippen molar-refractivity contribution in [1.82, 2.24) is 5.32 Å². The number of nitro groups is 1. The fourth-order valence-electron chi connectivity index (χ4n) is 2.30. The molecule has 6 nitrogen and oxygen atoms in total. The van der Waals surface area contributed by atoms with E-state index >= 15 is 0 Å². The zero-order valence-corrected chi connectivity index (χ0v) is 12.1. The predicted octanol–water partition coefficient (Wildman–Crippen LogP) is 2.39. The second-order valence-corrected chi connectivity index (χ2v) is 4.96. The predicted molar refractivity (Wildman–Crippen MR) is 75.4 cm³/mol. The Kier molecular flexibility index (Phi) is 4.80. The van der Waals surface area contributed by atoms with Crippen molar-refractivity contribution in [1.29, 1.82) is 0 Å². The first kappa shape index (κ1) is 15.0. The number of nitro benzene ring substituents is 1. The molecular formula is C13H17ClN2O4. The van der Waals surface area contributed by atoms with Crippen molar-refractivity contribution in [3.05, 3.63) is 33.3 Å². The molecule has 0 saturated heterocycles. The number of likely N-dealkylation sites (N-methyl/N-ethyl adjacent to an activating group) is 1. The van der Waals surface area contributed by atoms with Crippen LogP contribution < -0.4 is 10.1 Å². The van der Waals surface area contributed by atoms with Crippen molar-refractivity contribution >= 4 is 17.3 Å². The molecule has 1 aromatic rings. The Hall–Kier alpha value is -1.37. The molecule has 1 aliphatic rings. The zero-order valence-electron chi connectivity index (χ0n) is 11.3. The average molecular weight is 301 g/mol. The van der Waals surface area contributed by atoms with Gasteiger partial charge in [0.25, 0.3) is 0 Å². The molecule has 0 spiro atoms. The summed E-state index contributed by atoms with van der Waals surface area (Å²) in [6, 6.07) is 4.69. The van der Waals surface area contributed by atoms with E-state index in [-0.39, 0.29) is 34.7 Å². The Balaban J connectivity index is 2.16. The molecule has 1 saturated carbocycles. The number of halogens is 1. The van der Waals surface area contributed by atoms with Crippen LogP contribution in [0, 0.1) is 10.1 Å². The quantitative estimate of drug-likeness (QED) is 0.645. The van der Waals surface area contributed by atoms with Crippen molar-refractivity contribution < 1.29 is 14.4 Å². The minimum Gasteiger partial charge on any atom is -0.480 e. The molecule has 7 heteroatoms. The number of ether oxygens (including phenoxy) is 2. The highest BCUT2D eigenvalue weighted by molar-refractivity contribution is 6.32. The molecule has 2 rings (SSSR count). The van der Waals surface area contributed by atoms with Crippen molar-refractivity contribution in [2.24, 2.45) is 0 Å². The van der Waals surface area contributed by atoms with Crippen molar-refractivity contribution in [3.63, 3.8) is 0 Å². The topological polar surface area (TPSA) is 73.6 Å². The third-order valence-electron chi connectivity index (χ3n) is 3.39. The van der Waals surface area contributed by atoms with E-state index in [1.807, 2.05) is 14.0 Å². The van der Waals surface area contributed by atoms with Crippen LogP contribution in [-0.2, 0) is 4.74 Å². The van der Waals surface area contributed by atoms with Gasteiger partial charge >= 0.3 is 5.69 Å². The average Bonchev–Trinajstić information content (AvgIpc) is 2.41. The summed E-state index contributed by atoms with van der Waals surface area (Å²) in [6.07, 6.45) is 0.371. The third kappa shape index (κ3) is 2.87. The minimum absolute atomic E-state index is 0.114. The van der Waals surface area contributed by atoms with E-state index in [1.54, 1.807) is 6.07 Å². The van der Waals surface area contributed by atoms with E-state index < -0.39 is 4.92 Å². The second kappa shape index (κ2) is 6.39. The lowest BCUT2D eigenvalue weighted by molar-refractivity contribution is -0.386. The Bertz CT molecular complexity index is 497. The van der Waals surface area contributed by atoms with E-state index in [0.717, 1.165) is 6.42 Å². The van der Waals surface area contributed by atoms with Gasteiger partial charge in [-0.25, -0.2) is 0 Å². The second-order valence-electron chi connectivity index (χ2n) is 4.55. The first-order valence-corrected chi connectivity index (χ1v) is 6.84. The van der Waals surface area contributed by atoms with Crippen LogP contribution in [-0.4, -0.2) is 36.8 Å². The molecule has 1 aliphatic carbocycles. The minimum atomic E-state index is -0.495. The maximum absolute atomic E-state index is 11.0. The Morgan fingerprint density at radius 2 is 2.30 bits per heavy atom. The molecule has 1 N–H and O–H groups in total. The molecule has 0 aliphatic heterocycles. The number of rotatable bonds is 6. The standard InChI is InChI=1S/C13H17ClN2O4/c1-3-19-13-9(15-2)7-11(13)20-12-8(14)5-4-6-10(12)16(17)18/h4-6,9,11,13,15H,3,7H2,1-2H3. The van der Waals surface area contributed by atoms with Gasteiger partial charge in [0, 0.05) is 25.1 Å². The summed E-state index contributed by atoms with van der Waals surface area (Å²) in [6.45, 7) is 2.47. The number of benzene rings is 1. The van der Waals surface area contributed by atoms with E-state index in [4.69, 9.17) is 21.1 Å². The molecule has 1 aromatic carbocycles. The maximum atomic E-state index is 11.0. The van der Waals surface area contributed by atoms with Gasteiger partial charge in [-0.05, 0) is 20.0 Å². The summed E-state index contributed by atoms with van der Waals surface area (Å²) < 4.78 is 11.3. The van der Waals surface area contributed by atoms with Gasteiger partial charge in [0.2, 0.25) is 5.75 Å². The summed E-state index contributed by atoms with van der Waals surface area (Å²) in [4.78, 5) is 10.5. The van der Waals surface area contributed by atoms with Gasteiger partial charge in [0.1, 0.15) is 12.2 Å². The molecule has 110 valence electrons. The van der Waals surface area contributed by atoms with Gasteiger partial charge in [0.05, 0.1) is 9.95 Å². The highest BCUT2D eigenvalue weighted by atomic mass is 35.5. The molecule has 0 amide bonds. The Morgan fingerprint density at radius 1 is 1.55 bits per heavy atom. The number of para-hydroxylation sites is 1. The van der Waals surface area contributed by atoms with Crippen LogP contribution in [0.4, 0.5) is 5.69 Å². The van der Waals surface area contributed by atoms with E-state index in [0.29, 0.717) is 6.61 Å². The van der Waals surface area contributed by atoms with Crippen LogP contribution in [0.15, 0.2) is 18.2 Å². The number of nitrogens with one attached hydrogen (secondary N) is 1. The van der Waals surface area contributed by atoms with Crippen molar-refractivity contribution in [2.45, 2.75) is 31.6 Å². The van der Waals surface area contributed by atoms with Gasteiger partial charge in [-0.15, -0.1) is 0 Å². The summed E-state index contributed by atoms with van der Waals surface area (Å²) in [5, 5.41) is 14.4. The van der Waals surface area contributed by atoms with Crippen LogP contribution in [0.3, 0.4) is 0 Å². The van der Waals surface area contributed by atoms with Crippen LogP contribution in [0.1, 0.15) is 13.3 Å². The molecule has 0 heterocycles. The summed E-state index contributed by atoms with van der Waals surface area (Å²) in [7, 11) is 1.85. The molecular weight excluding hydrogens is 284 g/mol. The third-order valence-corrected chi connectivity index (χ3v) is 3.69. The lowest BCUT2D eigenvalue weighted by atomic mass is 9.85. The molecule has 1 fully saturated rings. The normalized spacial score (nSPS) is 25.1. The lowest BCUT2D eigenvalue weighted by Crippen LogP contribution is -2.60. The lowest BCUT2D eigenvalue weighted by Gasteiger charge is -2.43. The largest absolute Gasteiger partial charge is 0.480 e. The van der Waals surface area contributed by atoms with Crippen LogP contribution in [0.2, 0.25) is 5.02 Å². The maximum Gasteiger partial charge on any atom is 0.312 e. The molecule has 0 bridgehead atoms. The summed E-state index contributed by atoms with van der Waals surface area (Å²) in [5.74, 6) is 0.114. The molecule has 3 atom stereocenters. The fourth-order valence-corrected chi connectivity index (χ4v) is 2.52. The van der Waals surface area contributed by atoms with Gasteiger partial charge in [-0.1, -0.05) is 17.7 Å². The Morgan fingerprint density at radius 3 is 2.90 bits per heavy atom. The van der Waals surface area contributed by atoms with E-state index in [1.165, 1.54) is 12.1 Å². The van der Waals surface area contributed by atoms with E-state index in [9.17, 15) is 10.1 Å². The van der Waals surface area contributed by atoms with Gasteiger partial charge in [0.15, 0.2) is 0 Å². The first-order chi connectivity index (χ1) is 9.58. The van der Waals surface area contributed by atoms with Crippen LogP contribution in [0.5, 0.6) is 5.75 Å². The molecule has 3 unspecified atom stereocenters. The highest BCUT2D eigenvalue weighted by Crippen LogP contribution is 2.38.